The maximum Gasteiger partial charge on any atom is 0.255 e. The Morgan fingerprint density at radius 3 is 3.18 bits per heavy atom. The summed E-state index contributed by atoms with van der Waals surface area (Å²) in [5, 5.41) is 12.1. The topological polar surface area (TPSA) is 90.1 Å². The van der Waals surface area contributed by atoms with Gasteiger partial charge < -0.3 is 10.5 Å². The molecule has 1 aliphatic rings. The van der Waals surface area contributed by atoms with E-state index in [0.717, 1.165) is 30.7 Å². The number of carbonyl (C=O) groups excluding carboxylic acids is 1. The molecule has 1 fully saturated rings. The van der Waals surface area contributed by atoms with E-state index in [1.807, 2.05) is 0 Å². The van der Waals surface area contributed by atoms with E-state index in [9.17, 15) is 4.79 Å². The van der Waals surface area contributed by atoms with Crippen LogP contribution in [-0.2, 0) is 16.0 Å². The summed E-state index contributed by atoms with van der Waals surface area (Å²) in [5.41, 5.74) is 5.42. The molecule has 0 aromatic carbocycles. The molecule has 6 nitrogen and oxygen atoms in total. The van der Waals surface area contributed by atoms with Crippen LogP contribution in [0.3, 0.4) is 0 Å². The zero-order valence-electron chi connectivity index (χ0n) is 9.52. The summed E-state index contributed by atoms with van der Waals surface area (Å²) in [5.74, 6) is -0.121. The van der Waals surface area contributed by atoms with E-state index in [1.54, 1.807) is 0 Å². The Bertz CT molecular complexity index is 376. The van der Waals surface area contributed by atoms with Gasteiger partial charge in [0, 0.05) is 13.0 Å². The fraction of sp³-hybridized carbons (Fsp3) is 0.700. The van der Waals surface area contributed by atoms with Crippen molar-refractivity contribution in [2.75, 3.05) is 18.5 Å². The highest BCUT2D eigenvalue weighted by Gasteiger charge is 2.24. The van der Waals surface area contributed by atoms with Gasteiger partial charge in [0.05, 0.1) is 0 Å². The summed E-state index contributed by atoms with van der Waals surface area (Å²) >= 11 is 1.39. The smallest absolute Gasteiger partial charge is 0.255 e. The number of hydrogen-bond acceptors (Lipinski definition) is 6. The van der Waals surface area contributed by atoms with Crippen LogP contribution in [0, 0.1) is 0 Å². The predicted molar refractivity (Wildman–Crippen MR) is 64.9 cm³/mol. The second-order valence-electron chi connectivity index (χ2n) is 3.88. The molecule has 0 bridgehead atoms. The Morgan fingerprint density at radius 2 is 2.47 bits per heavy atom. The molecule has 1 amide bonds. The van der Waals surface area contributed by atoms with Gasteiger partial charge in [-0.05, 0) is 25.8 Å². The quantitative estimate of drug-likeness (QED) is 0.802. The molecule has 7 heteroatoms. The number of aryl methyl sites for hydroxylation is 1. The predicted octanol–water partition coefficient (Wildman–Crippen LogP) is 0.547. The Balaban J connectivity index is 1.85. The summed E-state index contributed by atoms with van der Waals surface area (Å²) in [7, 11) is 0. The zero-order valence-corrected chi connectivity index (χ0v) is 10.3. The molecule has 1 aromatic heterocycles. The number of aromatic nitrogens is 2. The third-order valence-corrected chi connectivity index (χ3v) is 3.41. The molecule has 0 spiro atoms. The van der Waals surface area contributed by atoms with Crippen molar-refractivity contribution in [1.82, 2.24) is 10.2 Å². The largest absolute Gasteiger partial charge is 0.368 e. The number of hydrogen-bond donors (Lipinski definition) is 2. The van der Waals surface area contributed by atoms with Crippen LogP contribution in [0.25, 0.3) is 0 Å². The molecule has 0 radical (unpaired) electrons. The first-order valence-corrected chi connectivity index (χ1v) is 6.56. The van der Waals surface area contributed by atoms with Crippen LogP contribution in [0.1, 0.15) is 24.3 Å². The van der Waals surface area contributed by atoms with Gasteiger partial charge in [0.2, 0.25) is 5.13 Å². The van der Waals surface area contributed by atoms with Crippen LogP contribution in [-0.4, -0.2) is 35.4 Å². The minimum absolute atomic E-state index is 0.121. The lowest BCUT2D eigenvalue weighted by Gasteiger charge is -2.06. The monoisotopic (exact) mass is 256 g/mol. The number of anilines is 1. The fourth-order valence-corrected chi connectivity index (χ4v) is 2.41. The van der Waals surface area contributed by atoms with Gasteiger partial charge in [-0.15, -0.1) is 10.2 Å². The molecular formula is C10H16N4O2S. The minimum atomic E-state index is -0.327. The second-order valence-corrected chi connectivity index (χ2v) is 4.95. The van der Waals surface area contributed by atoms with Crippen molar-refractivity contribution in [1.29, 1.82) is 0 Å². The van der Waals surface area contributed by atoms with Crippen LogP contribution in [0.5, 0.6) is 0 Å². The van der Waals surface area contributed by atoms with Crippen LogP contribution in [0.4, 0.5) is 5.13 Å². The molecule has 1 unspecified atom stereocenters. The van der Waals surface area contributed by atoms with Gasteiger partial charge in [0.15, 0.2) is 0 Å². The molecule has 94 valence electrons. The second kappa shape index (κ2) is 6.04. The normalized spacial score (nSPS) is 19.5. The lowest BCUT2D eigenvalue weighted by atomic mass is 10.2. The van der Waals surface area contributed by atoms with Gasteiger partial charge in [0.1, 0.15) is 11.1 Å². The summed E-state index contributed by atoms with van der Waals surface area (Å²) < 4.78 is 5.29. The number of rotatable bonds is 5. The van der Waals surface area contributed by atoms with Crippen molar-refractivity contribution in [3.05, 3.63) is 5.01 Å². The number of amides is 1. The molecule has 2 heterocycles. The molecule has 17 heavy (non-hydrogen) atoms. The van der Waals surface area contributed by atoms with Crippen molar-refractivity contribution in [2.24, 2.45) is 5.73 Å². The van der Waals surface area contributed by atoms with Gasteiger partial charge in [-0.3, -0.25) is 10.1 Å². The molecule has 0 saturated carbocycles. The molecule has 0 aliphatic carbocycles. The number of ether oxygens (including phenoxy) is 1. The number of nitrogens with zero attached hydrogens (tertiary/aromatic N) is 2. The van der Waals surface area contributed by atoms with Crippen molar-refractivity contribution < 1.29 is 9.53 Å². The summed E-state index contributed by atoms with van der Waals surface area (Å²) in [6.45, 7) is 1.30. The minimum Gasteiger partial charge on any atom is -0.368 e. The van der Waals surface area contributed by atoms with E-state index in [0.29, 0.717) is 18.3 Å². The third-order valence-electron chi connectivity index (χ3n) is 2.51. The Kier molecular flexibility index (Phi) is 4.41. The molecule has 3 N–H and O–H groups in total. The first kappa shape index (κ1) is 12.4. The first-order chi connectivity index (χ1) is 8.29. The van der Waals surface area contributed by atoms with E-state index < -0.39 is 0 Å². The average molecular weight is 256 g/mol. The average Bonchev–Trinajstić information content (AvgIpc) is 2.97. The van der Waals surface area contributed by atoms with Gasteiger partial charge in [-0.25, -0.2) is 0 Å². The lowest BCUT2D eigenvalue weighted by Crippen LogP contribution is -2.26. The molecule has 1 aromatic rings. The first-order valence-electron chi connectivity index (χ1n) is 5.74. The van der Waals surface area contributed by atoms with Gasteiger partial charge in [0.25, 0.3) is 5.91 Å². The van der Waals surface area contributed by atoms with E-state index >= 15 is 0 Å². The molecule has 1 saturated heterocycles. The summed E-state index contributed by atoms with van der Waals surface area (Å²) in [4.78, 5) is 11.7. The van der Waals surface area contributed by atoms with Crippen LogP contribution >= 0.6 is 11.3 Å². The van der Waals surface area contributed by atoms with Crippen molar-refractivity contribution in [2.45, 2.75) is 31.8 Å². The highest BCUT2D eigenvalue weighted by atomic mass is 32.1. The van der Waals surface area contributed by atoms with Crippen LogP contribution in [0.2, 0.25) is 0 Å². The zero-order chi connectivity index (χ0) is 12.1. The van der Waals surface area contributed by atoms with Crippen LogP contribution < -0.4 is 11.1 Å². The van der Waals surface area contributed by atoms with Crippen LogP contribution in [0.15, 0.2) is 0 Å². The summed E-state index contributed by atoms with van der Waals surface area (Å²) in [6.07, 6.45) is 3.09. The molecule has 1 aliphatic heterocycles. The van der Waals surface area contributed by atoms with Crippen molar-refractivity contribution in [3.8, 4) is 0 Å². The third kappa shape index (κ3) is 3.45. The summed E-state index contributed by atoms with van der Waals surface area (Å²) in [6, 6.07) is 0. The lowest BCUT2D eigenvalue weighted by molar-refractivity contribution is -0.124. The maximum atomic E-state index is 11.7. The van der Waals surface area contributed by atoms with Gasteiger partial charge in [-0.1, -0.05) is 11.3 Å². The Hall–Kier alpha value is -1.05. The highest BCUT2D eigenvalue weighted by molar-refractivity contribution is 7.15. The molecule has 2 rings (SSSR count). The van der Waals surface area contributed by atoms with E-state index in [1.165, 1.54) is 11.3 Å². The highest BCUT2D eigenvalue weighted by Crippen LogP contribution is 2.19. The van der Waals surface area contributed by atoms with E-state index in [4.69, 9.17) is 10.5 Å². The van der Waals surface area contributed by atoms with E-state index in [2.05, 4.69) is 15.5 Å². The van der Waals surface area contributed by atoms with Gasteiger partial charge in [-0.2, -0.15) is 0 Å². The van der Waals surface area contributed by atoms with E-state index in [-0.39, 0.29) is 12.0 Å². The molecule has 1 atom stereocenters. The standard InChI is InChI=1S/C10H16N4O2S/c11-5-1-4-8-13-14-10(17-8)12-9(15)7-3-2-6-16-7/h7H,1-6,11H2,(H,12,14,15). The maximum absolute atomic E-state index is 11.7. The number of nitrogens with two attached hydrogens (primary N) is 1. The number of nitrogens with one attached hydrogen (secondary N) is 1. The Labute approximate surface area is 104 Å². The SMILES string of the molecule is NCCCc1nnc(NC(=O)C2CCCO2)s1. The number of carbonyl (C=O) groups is 1. The Morgan fingerprint density at radius 1 is 1.59 bits per heavy atom. The van der Waals surface area contributed by atoms with Gasteiger partial charge >= 0.3 is 0 Å². The van der Waals surface area contributed by atoms with Crippen molar-refractivity contribution in [3.63, 3.8) is 0 Å². The van der Waals surface area contributed by atoms with Crippen molar-refractivity contribution >= 4 is 22.4 Å². The molecular weight excluding hydrogens is 240 g/mol. The fourth-order valence-electron chi connectivity index (χ4n) is 1.63.